The van der Waals surface area contributed by atoms with Crippen molar-refractivity contribution in [3.8, 4) is 11.5 Å². The molecule has 0 bridgehead atoms. The fourth-order valence-corrected chi connectivity index (χ4v) is 4.81. The van der Waals surface area contributed by atoms with Crippen LogP contribution in [0.25, 0.3) is 0 Å². The van der Waals surface area contributed by atoms with Crippen molar-refractivity contribution in [1.82, 2.24) is 0 Å². The quantitative estimate of drug-likeness (QED) is 0.272. The summed E-state index contributed by atoms with van der Waals surface area (Å²) < 4.78 is 12.0. The van der Waals surface area contributed by atoms with E-state index in [0.717, 1.165) is 59.2 Å². The first kappa shape index (κ1) is 27.8. The summed E-state index contributed by atoms with van der Waals surface area (Å²) >= 11 is 0. The standard InChI is InChI=1S/C26H37O3P.Li/c1-6-8-10-14-28-22-12-13-24(23(18-22)29-15-11-9-7-2)30-26(27)25-20(4)16-19(3)17-21(25)5;/h12-13,16-18,30H,6-11,14-15H2,1-5H3;/q;+1. The van der Waals surface area contributed by atoms with Crippen LogP contribution in [-0.4, -0.2) is 18.7 Å². The predicted molar refractivity (Wildman–Crippen MR) is 129 cm³/mol. The molecule has 0 fully saturated rings. The van der Waals surface area contributed by atoms with Crippen LogP contribution in [0, 0.1) is 20.8 Å². The minimum Gasteiger partial charge on any atom is -0.493 e. The second-order valence-corrected chi connectivity index (χ2v) is 9.24. The van der Waals surface area contributed by atoms with Gasteiger partial charge in [-0.1, -0.05) is 57.2 Å². The molecule has 0 radical (unpaired) electrons. The average molecular weight is 435 g/mol. The van der Waals surface area contributed by atoms with Gasteiger partial charge < -0.3 is 9.47 Å². The van der Waals surface area contributed by atoms with Crippen LogP contribution in [0.4, 0.5) is 0 Å². The fraction of sp³-hybridized carbons (Fsp3) is 0.500. The van der Waals surface area contributed by atoms with Gasteiger partial charge in [-0.25, -0.2) is 0 Å². The van der Waals surface area contributed by atoms with E-state index < -0.39 is 0 Å². The second kappa shape index (κ2) is 14.7. The van der Waals surface area contributed by atoms with E-state index in [0.29, 0.717) is 13.2 Å². The summed E-state index contributed by atoms with van der Waals surface area (Å²) in [5, 5.41) is 0.955. The van der Waals surface area contributed by atoms with Crippen molar-refractivity contribution in [1.29, 1.82) is 0 Å². The zero-order valence-corrected chi connectivity index (χ0v) is 21.3. The number of ether oxygens (including phenoxy) is 2. The summed E-state index contributed by atoms with van der Waals surface area (Å²) in [6.07, 6.45) is 6.72. The summed E-state index contributed by atoms with van der Waals surface area (Å²) in [6, 6.07) is 10.1. The van der Waals surface area contributed by atoms with Crippen molar-refractivity contribution < 1.29 is 33.1 Å². The molecule has 0 aliphatic heterocycles. The van der Waals surface area contributed by atoms with Crippen LogP contribution in [-0.2, 0) is 0 Å². The van der Waals surface area contributed by atoms with Gasteiger partial charge in [0.15, 0.2) is 5.52 Å². The first-order valence-electron chi connectivity index (χ1n) is 11.2. The summed E-state index contributed by atoms with van der Waals surface area (Å²) in [6.45, 7) is 11.9. The zero-order chi connectivity index (χ0) is 21.9. The molecule has 31 heavy (non-hydrogen) atoms. The molecule has 0 heterocycles. The van der Waals surface area contributed by atoms with Gasteiger partial charge >= 0.3 is 18.9 Å². The van der Waals surface area contributed by atoms with E-state index in [2.05, 4.69) is 32.9 Å². The van der Waals surface area contributed by atoms with Gasteiger partial charge in [-0.15, -0.1) is 0 Å². The van der Waals surface area contributed by atoms with Crippen LogP contribution < -0.4 is 33.6 Å². The molecule has 0 aromatic heterocycles. The topological polar surface area (TPSA) is 35.5 Å². The molecule has 0 aliphatic rings. The molecule has 3 nitrogen and oxygen atoms in total. The van der Waals surface area contributed by atoms with Crippen LogP contribution in [0.2, 0.25) is 0 Å². The van der Waals surface area contributed by atoms with E-state index in [-0.39, 0.29) is 33.0 Å². The Morgan fingerprint density at radius 3 is 2.00 bits per heavy atom. The first-order chi connectivity index (χ1) is 14.5. The molecule has 2 aromatic carbocycles. The number of aryl methyl sites for hydroxylation is 3. The van der Waals surface area contributed by atoms with Gasteiger partial charge in [0.1, 0.15) is 11.5 Å². The van der Waals surface area contributed by atoms with Gasteiger partial charge in [0, 0.05) is 16.9 Å². The molecule has 0 amide bonds. The molecule has 2 rings (SSSR count). The summed E-state index contributed by atoms with van der Waals surface area (Å²) in [5.74, 6) is 1.61. The zero-order valence-electron chi connectivity index (χ0n) is 20.3. The van der Waals surface area contributed by atoms with E-state index in [1.54, 1.807) is 0 Å². The Morgan fingerprint density at radius 2 is 1.42 bits per heavy atom. The SMILES string of the molecule is CCCCCOc1ccc(PC(=O)c2c(C)cc(C)cc2C)c(OCCCCC)c1.[Li+]. The van der Waals surface area contributed by atoms with Crippen molar-refractivity contribution >= 4 is 19.4 Å². The van der Waals surface area contributed by atoms with Gasteiger partial charge in [-0.05, 0) is 65.5 Å². The Morgan fingerprint density at radius 1 is 0.839 bits per heavy atom. The number of carbonyl (C=O) groups is 1. The predicted octanol–water partition coefficient (Wildman–Crippen LogP) is 3.90. The van der Waals surface area contributed by atoms with E-state index in [4.69, 9.17) is 9.47 Å². The molecule has 2 aromatic rings. The number of hydrogen-bond donors (Lipinski definition) is 0. The average Bonchev–Trinajstić information content (AvgIpc) is 2.69. The van der Waals surface area contributed by atoms with Crippen LogP contribution in [0.5, 0.6) is 11.5 Å². The summed E-state index contributed by atoms with van der Waals surface area (Å²) in [5.41, 5.74) is 4.29. The number of unbranched alkanes of at least 4 members (excludes halogenated alkanes) is 4. The Labute approximate surface area is 202 Å². The minimum atomic E-state index is 0. The maximum atomic E-state index is 13.1. The van der Waals surface area contributed by atoms with Gasteiger partial charge in [0.05, 0.1) is 13.2 Å². The van der Waals surface area contributed by atoms with Gasteiger partial charge in [-0.3, -0.25) is 4.79 Å². The molecule has 0 spiro atoms. The molecule has 0 saturated carbocycles. The van der Waals surface area contributed by atoms with E-state index >= 15 is 0 Å². The van der Waals surface area contributed by atoms with Gasteiger partial charge in [0.25, 0.3) is 0 Å². The number of rotatable bonds is 13. The Kier molecular flexibility index (Phi) is 13.2. The number of hydrogen-bond acceptors (Lipinski definition) is 3. The Balaban J connectivity index is 0.00000480. The molecule has 1 atom stereocenters. The summed E-state index contributed by atoms with van der Waals surface area (Å²) in [4.78, 5) is 13.1. The third-order valence-electron chi connectivity index (χ3n) is 5.13. The van der Waals surface area contributed by atoms with Crippen LogP contribution in [0.15, 0.2) is 30.3 Å². The van der Waals surface area contributed by atoms with Crippen LogP contribution in [0.1, 0.15) is 79.4 Å². The molecule has 1 unspecified atom stereocenters. The van der Waals surface area contributed by atoms with E-state index in [9.17, 15) is 4.79 Å². The van der Waals surface area contributed by atoms with E-state index in [1.807, 2.05) is 32.0 Å². The third kappa shape index (κ3) is 9.02. The van der Waals surface area contributed by atoms with Crippen LogP contribution in [0.3, 0.4) is 0 Å². The summed E-state index contributed by atoms with van der Waals surface area (Å²) in [7, 11) is 0.0355. The first-order valence-corrected chi connectivity index (χ1v) is 12.2. The van der Waals surface area contributed by atoms with Gasteiger partial charge in [-0.2, -0.15) is 0 Å². The molecular formula is C26H37LiO3P+. The molecule has 0 aliphatic carbocycles. The third-order valence-corrected chi connectivity index (χ3v) is 6.29. The normalized spacial score (nSPS) is 10.9. The van der Waals surface area contributed by atoms with Gasteiger partial charge in [0.2, 0.25) is 0 Å². The smallest absolute Gasteiger partial charge is 0.493 e. The van der Waals surface area contributed by atoms with Crippen LogP contribution >= 0.6 is 8.58 Å². The molecule has 164 valence electrons. The molecule has 0 N–H and O–H groups in total. The monoisotopic (exact) mass is 435 g/mol. The van der Waals surface area contributed by atoms with E-state index in [1.165, 1.54) is 18.4 Å². The molecular weight excluding hydrogens is 398 g/mol. The van der Waals surface area contributed by atoms with Crippen molar-refractivity contribution in [3.63, 3.8) is 0 Å². The Hall–Kier alpha value is -1.26. The molecule has 0 saturated heterocycles. The molecule has 5 heteroatoms. The number of benzene rings is 2. The van der Waals surface area contributed by atoms with Crippen molar-refractivity contribution in [2.24, 2.45) is 0 Å². The van der Waals surface area contributed by atoms with Crippen molar-refractivity contribution in [2.45, 2.75) is 73.1 Å². The second-order valence-electron chi connectivity index (χ2n) is 8.00. The van der Waals surface area contributed by atoms with Crippen molar-refractivity contribution in [2.75, 3.05) is 13.2 Å². The minimum absolute atomic E-state index is 0. The largest absolute Gasteiger partial charge is 1.00 e. The maximum Gasteiger partial charge on any atom is 1.00 e. The maximum absolute atomic E-state index is 13.1. The van der Waals surface area contributed by atoms with Crippen molar-refractivity contribution in [3.05, 3.63) is 52.6 Å². The number of carbonyl (C=O) groups excluding carboxylic acids is 1. The fourth-order valence-electron chi connectivity index (χ4n) is 3.61. The Bertz CT molecular complexity index is 812.